The molecule has 3 rings (SSSR count). The maximum atomic E-state index is 4.90. The lowest BCUT2D eigenvalue weighted by molar-refractivity contribution is 0.261. The molecule has 2 fully saturated rings. The van der Waals surface area contributed by atoms with Crippen LogP contribution < -0.4 is 0 Å². The molecule has 0 bridgehead atoms. The highest BCUT2D eigenvalue weighted by Crippen LogP contribution is 2.64. The summed E-state index contributed by atoms with van der Waals surface area (Å²) >= 11 is 0. The first kappa shape index (κ1) is 21.2. The lowest BCUT2D eigenvalue weighted by atomic mass is 9.99. The quantitative estimate of drug-likeness (QED) is 0.530. The molecule has 0 aromatic carbocycles. The molecule has 1 aromatic rings. The summed E-state index contributed by atoms with van der Waals surface area (Å²) in [5.74, 6) is 0.535. The molecule has 2 aliphatic carbocycles. The van der Waals surface area contributed by atoms with Crippen LogP contribution >= 0.6 is 7.92 Å². The Kier molecular flexibility index (Phi) is 8.55. The SMILES string of the molecule is CN(C)CCN(C)C(c1ccccn1)P(C1CCCCC1)C1CCCCC1. The number of likely N-dealkylation sites (N-methyl/N-ethyl adjacent to an activating group) is 2. The highest BCUT2D eigenvalue weighted by Gasteiger charge is 2.39. The van der Waals surface area contributed by atoms with Crippen LogP contribution in [0, 0.1) is 0 Å². The van der Waals surface area contributed by atoms with Gasteiger partial charge in [-0.1, -0.05) is 52.5 Å². The fourth-order valence-corrected chi connectivity index (χ4v) is 9.42. The molecule has 3 nitrogen and oxygen atoms in total. The van der Waals surface area contributed by atoms with E-state index in [4.69, 9.17) is 4.98 Å². The molecule has 1 heterocycles. The monoisotopic (exact) mass is 389 g/mol. The number of pyridine rings is 1. The smallest absolute Gasteiger partial charge is 0.0723 e. The molecular formula is C23H40N3P. The first-order valence-electron chi connectivity index (χ1n) is 11.2. The Morgan fingerprint density at radius 1 is 0.889 bits per heavy atom. The van der Waals surface area contributed by atoms with Gasteiger partial charge in [0.1, 0.15) is 0 Å². The van der Waals surface area contributed by atoms with Crippen molar-refractivity contribution in [3.63, 3.8) is 0 Å². The van der Waals surface area contributed by atoms with Crippen LogP contribution in [0.4, 0.5) is 0 Å². The summed E-state index contributed by atoms with van der Waals surface area (Å²) in [5, 5.41) is 0. The van der Waals surface area contributed by atoms with Crippen molar-refractivity contribution >= 4 is 7.92 Å². The molecule has 1 atom stereocenters. The first-order chi connectivity index (χ1) is 13.2. The molecule has 2 saturated carbocycles. The van der Waals surface area contributed by atoms with Crippen molar-refractivity contribution in [1.82, 2.24) is 14.8 Å². The number of aromatic nitrogens is 1. The Morgan fingerprint density at radius 3 is 1.96 bits per heavy atom. The lowest BCUT2D eigenvalue weighted by Gasteiger charge is -2.46. The van der Waals surface area contributed by atoms with Crippen LogP contribution in [0.15, 0.2) is 24.4 Å². The van der Waals surface area contributed by atoms with E-state index in [-0.39, 0.29) is 7.92 Å². The van der Waals surface area contributed by atoms with Crippen molar-refractivity contribution in [1.29, 1.82) is 0 Å². The summed E-state index contributed by atoms with van der Waals surface area (Å²) in [6.45, 7) is 2.25. The Labute approximate surface area is 168 Å². The summed E-state index contributed by atoms with van der Waals surface area (Å²) in [7, 11) is 6.68. The summed E-state index contributed by atoms with van der Waals surface area (Å²) in [6, 6.07) is 6.58. The van der Waals surface area contributed by atoms with Crippen LogP contribution in [0.2, 0.25) is 0 Å². The van der Waals surface area contributed by atoms with E-state index >= 15 is 0 Å². The molecule has 27 heavy (non-hydrogen) atoms. The Bertz CT molecular complexity index is 506. The first-order valence-corrected chi connectivity index (χ1v) is 12.7. The van der Waals surface area contributed by atoms with Gasteiger partial charge in [0, 0.05) is 19.3 Å². The van der Waals surface area contributed by atoms with E-state index in [9.17, 15) is 0 Å². The number of nitrogens with zero attached hydrogens (tertiary/aromatic N) is 3. The van der Waals surface area contributed by atoms with Gasteiger partial charge >= 0.3 is 0 Å². The minimum Gasteiger partial charge on any atom is -0.308 e. The van der Waals surface area contributed by atoms with Crippen LogP contribution in [0.5, 0.6) is 0 Å². The molecular weight excluding hydrogens is 349 g/mol. The Hall–Kier alpha value is -0.500. The van der Waals surface area contributed by atoms with Crippen LogP contribution in [-0.4, -0.2) is 60.3 Å². The molecule has 0 amide bonds. The van der Waals surface area contributed by atoms with E-state index in [1.165, 1.54) is 69.9 Å². The van der Waals surface area contributed by atoms with Gasteiger partial charge in [-0.05, 0) is 70.3 Å². The van der Waals surface area contributed by atoms with Gasteiger partial charge in [0.05, 0.1) is 11.5 Å². The third kappa shape index (κ3) is 5.99. The molecule has 0 N–H and O–H groups in total. The second-order valence-electron chi connectivity index (χ2n) is 8.94. The standard InChI is InChI=1S/C23H40N3P/c1-25(2)18-19-26(3)23(22-16-10-11-17-24-22)27(20-12-6-4-7-13-20)21-14-8-5-9-15-21/h10-11,16-17,20-21,23H,4-9,12-15,18-19H2,1-3H3. The minimum absolute atomic E-state index is 0.0620. The molecule has 0 saturated heterocycles. The van der Waals surface area contributed by atoms with Crippen LogP contribution in [0.25, 0.3) is 0 Å². The van der Waals surface area contributed by atoms with Crippen LogP contribution in [0.3, 0.4) is 0 Å². The second-order valence-corrected chi connectivity index (χ2v) is 11.8. The summed E-state index contributed by atoms with van der Waals surface area (Å²) < 4.78 is 0. The maximum absolute atomic E-state index is 4.90. The van der Waals surface area contributed by atoms with Crippen molar-refractivity contribution < 1.29 is 0 Å². The van der Waals surface area contributed by atoms with Crippen molar-refractivity contribution in [2.75, 3.05) is 34.2 Å². The molecule has 152 valence electrons. The molecule has 1 aromatic heterocycles. The molecule has 4 heteroatoms. The van der Waals surface area contributed by atoms with E-state index in [1.54, 1.807) is 0 Å². The second kappa shape index (κ2) is 10.9. The highest BCUT2D eigenvalue weighted by atomic mass is 31.1. The average molecular weight is 390 g/mol. The van der Waals surface area contributed by atoms with Crippen molar-refractivity contribution in [3.8, 4) is 0 Å². The predicted molar refractivity (Wildman–Crippen MR) is 119 cm³/mol. The topological polar surface area (TPSA) is 19.4 Å². The van der Waals surface area contributed by atoms with Gasteiger partial charge in [-0.2, -0.15) is 0 Å². The van der Waals surface area contributed by atoms with Crippen LogP contribution in [0.1, 0.15) is 75.7 Å². The fourth-order valence-electron chi connectivity index (χ4n) is 5.07. The van der Waals surface area contributed by atoms with Gasteiger partial charge in [0.15, 0.2) is 0 Å². The zero-order valence-electron chi connectivity index (χ0n) is 17.8. The van der Waals surface area contributed by atoms with E-state index in [0.29, 0.717) is 5.78 Å². The van der Waals surface area contributed by atoms with Crippen molar-refractivity contribution in [3.05, 3.63) is 30.1 Å². The van der Waals surface area contributed by atoms with Gasteiger partial charge in [-0.3, -0.25) is 9.88 Å². The predicted octanol–water partition coefficient (Wildman–Crippen LogP) is 5.72. The average Bonchev–Trinajstić information content (AvgIpc) is 2.72. The largest absolute Gasteiger partial charge is 0.308 e. The zero-order valence-corrected chi connectivity index (χ0v) is 18.7. The van der Waals surface area contributed by atoms with E-state index < -0.39 is 0 Å². The van der Waals surface area contributed by atoms with Gasteiger partial charge < -0.3 is 4.90 Å². The third-order valence-corrected chi connectivity index (χ3v) is 10.5. The molecule has 2 aliphatic rings. The molecule has 0 radical (unpaired) electrons. The van der Waals surface area contributed by atoms with Gasteiger partial charge in [-0.25, -0.2) is 0 Å². The third-order valence-electron chi connectivity index (χ3n) is 6.54. The van der Waals surface area contributed by atoms with E-state index in [0.717, 1.165) is 24.4 Å². The molecule has 0 spiro atoms. The number of hydrogen-bond acceptors (Lipinski definition) is 3. The van der Waals surface area contributed by atoms with Crippen molar-refractivity contribution in [2.24, 2.45) is 0 Å². The fraction of sp³-hybridized carbons (Fsp3) is 0.783. The molecule has 1 unspecified atom stereocenters. The zero-order chi connectivity index (χ0) is 19.1. The van der Waals surface area contributed by atoms with Crippen molar-refractivity contribution in [2.45, 2.75) is 81.3 Å². The van der Waals surface area contributed by atoms with Gasteiger partial charge in [0.25, 0.3) is 0 Å². The Morgan fingerprint density at radius 2 is 1.48 bits per heavy atom. The van der Waals surface area contributed by atoms with Gasteiger partial charge in [-0.15, -0.1) is 0 Å². The maximum Gasteiger partial charge on any atom is 0.0723 e. The molecule has 0 aliphatic heterocycles. The number of hydrogen-bond donors (Lipinski definition) is 0. The van der Waals surface area contributed by atoms with E-state index in [1.807, 2.05) is 6.20 Å². The normalized spacial score (nSPS) is 21.3. The number of rotatable bonds is 8. The van der Waals surface area contributed by atoms with Gasteiger partial charge in [0.2, 0.25) is 0 Å². The highest BCUT2D eigenvalue weighted by molar-refractivity contribution is 7.59. The van der Waals surface area contributed by atoms with Crippen LogP contribution in [-0.2, 0) is 0 Å². The lowest BCUT2D eigenvalue weighted by Crippen LogP contribution is -2.35. The minimum atomic E-state index is -0.0620. The summed E-state index contributed by atoms with van der Waals surface area (Å²) in [6.07, 6.45) is 16.6. The van der Waals surface area contributed by atoms with E-state index in [2.05, 4.69) is 49.1 Å². The Balaban J connectivity index is 1.89. The summed E-state index contributed by atoms with van der Waals surface area (Å²) in [5.41, 5.74) is 3.23. The summed E-state index contributed by atoms with van der Waals surface area (Å²) in [4.78, 5) is 9.88.